The van der Waals surface area contributed by atoms with Crippen molar-refractivity contribution in [3.8, 4) is 0 Å². The molecule has 0 heterocycles. The van der Waals surface area contributed by atoms with Crippen molar-refractivity contribution in [2.45, 2.75) is 39.7 Å². The smallest absolute Gasteiger partial charge is 0.244 e. The Balaban J connectivity index is 2.62. The summed E-state index contributed by atoms with van der Waals surface area (Å²) in [5.74, 6) is -0.303. The molecule has 122 valence electrons. The molecule has 2 amide bonds. The van der Waals surface area contributed by atoms with E-state index in [-0.39, 0.29) is 18.4 Å². The predicted molar refractivity (Wildman–Crippen MR) is 90.0 cm³/mol. The number of hydrogen-bond donors (Lipinski definition) is 2. The van der Waals surface area contributed by atoms with Gasteiger partial charge in [-0.3, -0.25) is 9.59 Å². The van der Waals surface area contributed by atoms with E-state index < -0.39 is 6.04 Å². The summed E-state index contributed by atoms with van der Waals surface area (Å²) < 4.78 is 0. The molecule has 0 fully saturated rings. The average molecular weight is 305 g/mol. The fraction of sp³-hybridized carbons (Fsp3) is 0.529. The van der Waals surface area contributed by atoms with E-state index in [9.17, 15) is 9.59 Å². The summed E-state index contributed by atoms with van der Waals surface area (Å²) in [7, 11) is 3.35. The second-order valence-corrected chi connectivity index (χ2v) is 5.57. The van der Waals surface area contributed by atoms with Crippen LogP contribution < -0.4 is 10.6 Å². The summed E-state index contributed by atoms with van der Waals surface area (Å²) in [5, 5.41) is 5.88. The minimum Gasteiger partial charge on any atom is -0.376 e. The van der Waals surface area contributed by atoms with E-state index in [1.807, 2.05) is 0 Å². The summed E-state index contributed by atoms with van der Waals surface area (Å²) >= 11 is 0. The molecule has 0 unspecified atom stereocenters. The highest BCUT2D eigenvalue weighted by Gasteiger charge is 2.17. The Morgan fingerprint density at radius 1 is 1.18 bits per heavy atom. The molecule has 1 aromatic rings. The number of amides is 2. The van der Waals surface area contributed by atoms with Crippen molar-refractivity contribution in [3.05, 3.63) is 29.3 Å². The van der Waals surface area contributed by atoms with E-state index in [4.69, 9.17) is 0 Å². The third-order valence-electron chi connectivity index (χ3n) is 3.59. The summed E-state index contributed by atoms with van der Waals surface area (Å²) in [4.78, 5) is 25.2. The Labute approximate surface area is 133 Å². The first-order valence-electron chi connectivity index (χ1n) is 7.75. The fourth-order valence-corrected chi connectivity index (χ4v) is 2.23. The van der Waals surface area contributed by atoms with Crippen molar-refractivity contribution in [1.29, 1.82) is 0 Å². The normalized spacial score (nSPS) is 11.7. The Kier molecular flexibility index (Phi) is 6.89. The van der Waals surface area contributed by atoms with Gasteiger partial charge < -0.3 is 15.5 Å². The molecule has 0 saturated heterocycles. The van der Waals surface area contributed by atoms with Gasteiger partial charge >= 0.3 is 0 Å². The van der Waals surface area contributed by atoms with Crippen molar-refractivity contribution in [2.75, 3.05) is 26.0 Å². The molecule has 0 saturated carbocycles. The maximum atomic E-state index is 12.0. The average Bonchev–Trinajstić information content (AvgIpc) is 2.51. The number of carbonyl (C=O) groups excluding carboxylic acids is 2. The topological polar surface area (TPSA) is 61.4 Å². The van der Waals surface area contributed by atoms with E-state index in [1.165, 1.54) is 16.0 Å². The van der Waals surface area contributed by atoms with Gasteiger partial charge in [0.15, 0.2) is 0 Å². The Morgan fingerprint density at radius 3 is 2.41 bits per heavy atom. The minimum atomic E-state index is -0.517. The molecule has 0 bridgehead atoms. The third-order valence-corrected chi connectivity index (χ3v) is 3.59. The maximum Gasteiger partial charge on any atom is 0.244 e. The number of likely N-dealkylation sites (N-methyl/N-ethyl adjacent to an activating group) is 1. The standard InChI is InChI=1S/C17H27N3O2/c1-6-13-8-9-14(7-2)15(10-13)18-11-16(21)19-12(3)17(22)20(4)5/h8-10,12,18H,6-7,11H2,1-5H3,(H,19,21)/t12-/m1/s1. The lowest BCUT2D eigenvalue weighted by Crippen LogP contribution is -2.46. The number of rotatable bonds is 7. The van der Waals surface area contributed by atoms with E-state index in [1.54, 1.807) is 21.0 Å². The van der Waals surface area contributed by atoms with Crippen LogP contribution in [0.15, 0.2) is 18.2 Å². The second kappa shape index (κ2) is 8.41. The van der Waals surface area contributed by atoms with Gasteiger partial charge in [0.05, 0.1) is 6.54 Å². The van der Waals surface area contributed by atoms with Crippen LogP contribution in [0, 0.1) is 0 Å². The summed E-state index contributed by atoms with van der Waals surface area (Å²) in [6.45, 7) is 6.04. The number of carbonyl (C=O) groups is 2. The monoisotopic (exact) mass is 305 g/mol. The zero-order valence-electron chi connectivity index (χ0n) is 14.2. The van der Waals surface area contributed by atoms with E-state index in [2.05, 4.69) is 42.7 Å². The van der Waals surface area contributed by atoms with Crippen LogP contribution in [0.4, 0.5) is 5.69 Å². The molecule has 0 aromatic heterocycles. The first-order valence-corrected chi connectivity index (χ1v) is 7.75. The van der Waals surface area contributed by atoms with Crippen molar-refractivity contribution in [2.24, 2.45) is 0 Å². The quantitative estimate of drug-likeness (QED) is 0.808. The lowest BCUT2D eigenvalue weighted by molar-refractivity contribution is -0.133. The molecule has 0 spiro atoms. The Morgan fingerprint density at radius 2 is 1.86 bits per heavy atom. The first-order chi connectivity index (χ1) is 10.4. The fourth-order valence-electron chi connectivity index (χ4n) is 2.23. The molecule has 5 nitrogen and oxygen atoms in total. The molecule has 0 aliphatic heterocycles. The Bertz CT molecular complexity index is 527. The molecular formula is C17H27N3O2. The molecule has 2 N–H and O–H groups in total. The molecule has 0 radical (unpaired) electrons. The highest BCUT2D eigenvalue weighted by Crippen LogP contribution is 2.18. The third kappa shape index (κ3) is 5.06. The van der Waals surface area contributed by atoms with Crippen molar-refractivity contribution in [1.82, 2.24) is 10.2 Å². The van der Waals surface area contributed by atoms with E-state index in [0.29, 0.717) is 0 Å². The molecule has 22 heavy (non-hydrogen) atoms. The van der Waals surface area contributed by atoms with Crippen LogP contribution in [0.3, 0.4) is 0 Å². The molecule has 0 aliphatic carbocycles. The number of hydrogen-bond acceptors (Lipinski definition) is 3. The number of anilines is 1. The first kappa shape index (κ1) is 18.0. The number of aryl methyl sites for hydroxylation is 2. The number of nitrogens with one attached hydrogen (secondary N) is 2. The van der Waals surface area contributed by atoms with Gasteiger partial charge in [0.25, 0.3) is 0 Å². The lowest BCUT2D eigenvalue weighted by Gasteiger charge is -2.18. The number of nitrogens with zero attached hydrogens (tertiary/aromatic N) is 1. The van der Waals surface area contributed by atoms with Gasteiger partial charge in [-0.25, -0.2) is 0 Å². The Hall–Kier alpha value is -2.04. The summed E-state index contributed by atoms with van der Waals surface area (Å²) in [6.07, 6.45) is 1.86. The van der Waals surface area contributed by atoms with Gasteiger partial charge in [0.1, 0.15) is 6.04 Å². The van der Waals surface area contributed by atoms with Crippen LogP contribution in [0.25, 0.3) is 0 Å². The molecule has 1 aromatic carbocycles. The minimum absolute atomic E-state index is 0.115. The van der Waals surface area contributed by atoms with Gasteiger partial charge in [-0.05, 0) is 37.0 Å². The van der Waals surface area contributed by atoms with Crippen LogP contribution in [0.2, 0.25) is 0 Å². The van der Waals surface area contributed by atoms with Crippen LogP contribution in [-0.2, 0) is 22.4 Å². The van der Waals surface area contributed by atoms with Gasteiger partial charge in [-0.2, -0.15) is 0 Å². The van der Waals surface area contributed by atoms with Crippen LogP contribution in [0.1, 0.15) is 31.9 Å². The summed E-state index contributed by atoms with van der Waals surface area (Å²) in [5.41, 5.74) is 3.40. The van der Waals surface area contributed by atoms with Crippen LogP contribution in [0.5, 0.6) is 0 Å². The van der Waals surface area contributed by atoms with Crippen LogP contribution in [-0.4, -0.2) is 43.4 Å². The van der Waals surface area contributed by atoms with Crippen molar-refractivity contribution in [3.63, 3.8) is 0 Å². The predicted octanol–water partition coefficient (Wildman–Crippen LogP) is 1.82. The lowest BCUT2D eigenvalue weighted by atomic mass is 10.1. The highest BCUT2D eigenvalue weighted by molar-refractivity contribution is 5.88. The van der Waals surface area contributed by atoms with Crippen LogP contribution >= 0.6 is 0 Å². The second-order valence-electron chi connectivity index (χ2n) is 5.57. The van der Waals surface area contributed by atoms with Crippen molar-refractivity contribution >= 4 is 17.5 Å². The number of benzene rings is 1. The largest absolute Gasteiger partial charge is 0.376 e. The molecule has 1 rings (SSSR count). The molecule has 0 aliphatic rings. The van der Waals surface area contributed by atoms with Gasteiger partial charge in [0, 0.05) is 19.8 Å². The van der Waals surface area contributed by atoms with Gasteiger partial charge in [0.2, 0.25) is 11.8 Å². The zero-order valence-corrected chi connectivity index (χ0v) is 14.2. The SMILES string of the molecule is CCc1ccc(CC)c(NCC(=O)N[C@H](C)C(=O)N(C)C)c1. The maximum absolute atomic E-state index is 12.0. The van der Waals surface area contributed by atoms with Gasteiger partial charge in [-0.15, -0.1) is 0 Å². The highest BCUT2D eigenvalue weighted by atomic mass is 16.2. The molecule has 1 atom stereocenters. The summed E-state index contributed by atoms with van der Waals surface area (Å²) in [6, 6.07) is 5.77. The zero-order chi connectivity index (χ0) is 16.7. The molecule has 5 heteroatoms. The van der Waals surface area contributed by atoms with E-state index >= 15 is 0 Å². The van der Waals surface area contributed by atoms with E-state index in [0.717, 1.165) is 18.5 Å². The van der Waals surface area contributed by atoms with Crippen molar-refractivity contribution < 1.29 is 9.59 Å². The van der Waals surface area contributed by atoms with Gasteiger partial charge in [-0.1, -0.05) is 26.0 Å². The molecular weight excluding hydrogens is 278 g/mol.